The van der Waals surface area contributed by atoms with E-state index in [9.17, 15) is 12.8 Å². The van der Waals surface area contributed by atoms with Gasteiger partial charge in [0.15, 0.2) is 0 Å². The summed E-state index contributed by atoms with van der Waals surface area (Å²) in [4.78, 5) is -0.312. The van der Waals surface area contributed by atoms with E-state index in [1.54, 1.807) is 0 Å². The first-order valence-electron chi connectivity index (χ1n) is 6.48. The van der Waals surface area contributed by atoms with Gasteiger partial charge in [-0.15, -0.1) is 12.4 Å². The van der Waals surface area contributed by atoms with Gasteiger partial charge in [0.2, 0.25) is 10.0 Å². The summed E-state index contributed by atoms with van der Waals surface area (Å²) in [6.07, 6.45) is 1.97. The van der Waals surface area contributed by atoms with E-state index in [-0.39, 0.29) is 22.7 Å². The van der Waals surface area contributed by atoms with Crippen molar-refractivity contribution in [1.29, 1.82) is 0 Å². The van der Waals surface area contributed by atoms with Crippen LogP contribution in [-0.2, 0) is 10.0 Å². The number of hydrogen-bond donors (Lipinski definition) is 2. The van der Waals surface area contributed by atoms with E-state index in [0.717, 1.165) is 32.0 Å². The molecule has 0 radical (unpaired) electrons. The van der Waals surface area contributed by atoms with Crippen molar-refractivity contribution in [2.75, 3.05) is 19.6 Å². The zero-order chi connectivity index (χ0) is 14.8. The molecule has 120 valence electrons. The van der Waals surface area contributed by atoms with Gasteiger partial charge in [-0.2, -0.15) is 0 Å². The summed E-state index contributed by atoms with van der Waals surface area (Å²) < 4.78 is 41.1. The summed E-state index contributed by atoms with van der Waals surface area (Å²) in [5, 5.41) is 3.26. The Morgan fingerprint density at radius 2 is 2.19 bits per heavy atom. The third-order valence-electron chi connectivity index (χ3n) is 3.56. The topological polar surface area (TPSA) is 58.2 Å². The Morgan fingerprint density at radius 1 is 1.48 bits per heavy atom. The molecule has 8 heteroatoms. The summed E-state index contributed by atoms with van der Waals surface area (Å²) in [7, 11) is -3.82. The van der Waals surface area contributed by atoms with Gasteiger partial charge in [0.1, 0.15) is 10.7 Å². The van der Waals surface area contributed by atoms with Crippen LogP contribution in [0, 0.1) is 11.2 Å². The molecule has 1 saturated heterocycles. The number of halogens is 3. The average Bonchev–Trinajstić information content (AvgIpc) is 2.37. The standard InChI is InChI=1S/C13H18BrFN2O2S.ClH/c1-13(5-2-6-16-8-13)9-17-20(18,19)12-4-3-10(14)7-11(12)15;/h3-4,7,16-17H,2,5-6,8-9H2,1H3;1H. The Morgan fingerprint density at radius 3 is 2.76 bits per heavy atom. The number of rotatable bonds is 4. The molecule has 0 bridgehead atoms. The number of piperidine rings is 1. The smallest absolute Gasteiger partial charge is 0.243 e. The van der Waals surface area contributed by atoms with Crippen LogP contribution in [0.5, 0.6) is 0 Å². The molecule has 1 aromatic carbocycles. The van der Waals surface area contributed by atoms with Gasteiger partial charge in [0.05, 0.1) is 0 Å². The maximum Gasteiger partial charge on any atom is 0.243 e. The van der Waals surface area contributed by atoms with Crippen molar-refractivity contribution in [3.05, 3.63) is 28.5 Å². The normalized spacial score (nSPS) is 22.6. The van der Waals surface area contributed by atoms with E-state index in [0.29, 0.717) is 11.0 Å². The quantitative estimate of drug-likeness (QED) is 0.815. The first-order chi connectivity index (χ1) is 9.32. The van der Waals surface area contributed by atoms with E-state index in [2.05, 4.69) is 26.0 Å². The molecule has 2 N–H and O–H groups in total. The molecule has 2 rings (SSSR count). The van der Waals surface area contributed by atoms with Crippen LogP contribution in [-0.4, -0.2) is 28.1 Å². The second-order valence-corrected chi connectivity index (χ2v) is 8.14. The van der Waals surface area contributed by atoms with Crippen LogP contribution < -0.4 is 10.0 Å². The molecule has 4 nitrogen and oxygen atoms in total. The third kappa shape index (κ3) is 4.89. The molecule has 1 heterocycles. The molecule has 1 aliphatic rings. The van der Waals surface area contributed by atoms with Gasteiger partial charge in [-0.25, -0.2) is 17.5 Å². The van der Waals surface area contributed by atoms with Crippen LogP contribution in [0.1, 0.15) is 19.8 Å². The van der Waals surface area contributed by atoms with E-state index in [1.807, 2.05) is 6.92 Å². The van der Waals surface area contributed by atoms with Crippen LogP contribution >= 0.6 is 28.3 Å². The van der Waals surface area contributed by atoms with E-state index in [4.69, 9.17) is 0 Å². The first kappa shape index (κ1) is 18.8. The Labute approximate surface area is 139 Å². The average molecular weight is 402 g/mol. The monoisotopic (exact) mass is 400 g/mol. The first-order valence-corrected chi connectivity index (χ1v) is 8.76. The predicted octanol–water partition coefficient (Wildman–Crippen LogP) is 2.68. The summed E-state index contributed by atoms with van der Waals surface area (Å²) in [5.41, 5.74) is -0.128. The SMILES string of the molecule is CC1(CNS(=O)(=O)c2ccc(Br)cc2F)CCCNC1.Cl. The van der Waals surface area contributed by atoms with Crippen LogP contribution in [0.3, 0.4) is 0 Å². The molecule has 1 aromatic rings. The van der Waals surface area contributed by atoms with Crippen molar-refractivity contribution in [2.24, 2.45) is 5.41 Å². The van der Waals surface area contributed by atoms with Crippen molar-refractivity contribution in [1.82, 2.24) is 10.0 Å². The fourth-order valence-electron chi connectivity index (χ4n) is 2.31. The fraction of sp³-hybridized carbons (Fsp3) is 0.538. The fourth-order valence-corrected chi connectivity index (χ4v) is 3.90. The molecule has 21 heavy (non-hydrogen) atoms. The lowest BCUT2D eigenvalue weighted by atomic mass is 9.83. The second kappa shape index (κ2) is 7.37. The minimum absolute atomic E-state index is 0. The summed E-state index contributed by atoms with van der Waals surface area (Å²) in [5.74, 6) is -0.751. The molecular formula is C13H19BrClFN2O2S. The van der Waals surface area contributed by atoms with Crippen molar-refractivity contribution >= 4 is 38.4 Å². The molecule has 0 aliphatic carbocycles. The number of sulfonamides is 1. The predicted molar refractivity (Wildman–Crippen MR) is 86.7 cm³/mol. The molecule has 1 atom stereocenters. The van der Waals surface area contributed by atoms with Gasteiger partial charge < -0.3 is 5.32 Å². The van der Waals surface area contributed by atoms with Gasteiger partial charge >= 0.3 is 0 Å². The van der Waals surface area contributed by atoms with Crippen molar-refractivity contribution in [3.63, 3.8) is 0 Å². The van der Waals surface area contributed by atoms with E-state index in [1.165, 1.54) is 12.1 Å². The highest BCUT2D eigenvalue weighted by Crippen LogP contribution is 2.25. The van der Waals surface area contributed by atoms with Gasteiger partial charge in [-0.3, -0.25) is 0 Å². The molecular weight excluding hydrogens is 383 g/mol. The molecule has 0 aromatic heterocycles. The van der Waals surface area contributed by atoms with Crippen molar-refractivity contribution < 1.29 is 12.8 Å². The summed E-state index contributed by atoms with van der Waals surface area (Å²) in [6, 6.07) is 3.93. The highest BCUT2D eigenvalue weighted by atomic mass is 79.9. The minimum atomic E-state index is -3.82. The molecule has 1 aliphatic heterocycles. The third-order valence-corrected chi connectivity index (χ3v) is 5.49. The zero-order valence-electron chi connectivity index (χ0n) is 11.7. The van der Waals surface area contributed by atoms with E-state index >= 15 is 0 Å². The molecule has 0 spiro atoms. The number of hydrogen-bond acceptors (Lipinski definition) is 3. The molecule has 0 saturated carbocycles. The lowest BCUT2D eigenvalue weighted by Crippen LogP contribution is -2.45. The number of nitrogens with one attached hydrogen (secondary N) is 2. The molecule has 1 unspecified atom stereocenters. The van der Waals surface area contributed by atoms with Crippen LogP contribution in [0.2, 0.25) is 0 Å². The summed E-state index contributed by atoms with van der Waals surface area (Å²) in [6.45, 7) is 4.06. The lowest BCUT2D eigenvalue weighted by Gasteiger charge is -2.34. The Balaban J connectivity index is 0.00000220. The van der Waals surface area contributed by atoms with Gasteiger partial charge in [0.25, 0.3) is 0 Å². The van der Waals surface area contributed by atoms with Gasteiger partial charge in [-0.05, 0) is 43.0 Å². The lowest BCUT2D eigenvalue weighted by molar-refractivity contribution is 0.238. The maximum atomic E-state index is 13.7. The zero-order valence-corrected chi connectivity index (χ0v) is 14.9. The highest BCUT2D eigenvalue weighted by Gasteiger charge is 2.29. The Kier molecular flexibility index (Phi) is 6.61. The van der Waals surface area contributed by atoms with Gasteiger partial charge in [-0.1, -0.05) is 22.9 Å². The van der Waals surface area contributed by atoms with Crippen LogP contribution in [0.25, 0.3) is 0 Å². The second-order valence-electron chi connectivity index (χ2n) is 5.49. The maximum absolute atomic E-state index is 13.7. The van der Waals surface area contributed by atoms with Crippen molar-refractivity contribution in [3.8, 4) is 0 Å². The molecule has 1 fully saturated rings. The van der Waals surface area contributed by atoms with Crippen LogP contribution in [0.4, 0.5) is 4.39 Å². The van der Waals surface area contributed by atoms with Crippen molar-refractivity contribution in [2.45, 2.75) is 24.7 Å². The molecule has 0 amide bonds. The van der Waals surface area contributed by atoms with Crippen LogP contribution in [0.15, 0.2) is 27.6 Å². The highest BCUT2D eigenvalue weighted by molar-refractivity contribution is 9.10. The Bertz CT molecular complexity index is 592. The largest absolute Gasteiger partial charge is 0.316 e. The minimum Gasteiger partial charge on any atom is -0.316 e. The van der Waals surface area contributed by atoms with Gasteiger partial charge in [0, 0.05) is 17.6 Å². The number of benzene rings is 1. The summed E-state index contributed by atoms with van der Waals surface area (Å²) >= 11 is 3.11. The Hall–Kier alpha value is -0.210. The van der Waals surface area contributed by atoms with E-state index < -0.39 is 15.8 Å².